The fourth-order valence-electron chi connectivity index (χ4n) is 1.72. The molecule has 1 aromatic rings. The quantitative estimate of drug-likeness (QED) is 0.750. The van der Waals surface area contributed by atoms with Crippen molar-refractivity contribution in [1.29, 1.82) is 0 Å². The van der Waals surface area contributed by atoms with E-state index in [2.05, 4.69) is 5.32 Å². The first-order valence-electron chi connectivity index (χ1n) is 6.05. The van der Waals surface area contributed by atoms with Crippen molar-refractivity contribution in [2.24, 2.45) is 5.73 Å². The van der Waals surface area contributed by atoms with Gasteiger partial charge in [-0.05, 0) is 31.0 Å². The predicted octanol–water partition coefficient (Wildman–Crippen LogP) is 2.45. The standard InChI is InChI=1S/C13H17F3N2O/c14-13(15,16)11-6-2-1-5-10(11)9-18-8-4-3-7-12(17)19/h1-2,5-6,18H,3-4,7-9H2,(H2,17,19). The van der Waals surface area contributed by atoms with Crippen LogP contribution < -0.4 is 11.1 Å². The average Bonchev–Trinajstić information content (AvgIpc) is 2.32. The van der Waals surface area contributed by atoms with Crippen LogP contribution in [0.15, 0.2) is 24.3 Å². The first-order chi connectivity index (χ1) is 8.91. The SMILES string of the molecule is NC(=O)CCCCNCc1ccccc1C(F)(F)F. The molecule has 19 heavy (non-hydrogen) atoms. The van der Waals surface area contributed by atoms with Gasteiger partial charge in [-0.1, -0.05) is 18.2 Å². The molecule has 0 unspecified atom stereocenters. The molecule has 0 aromatic heterocycles. The average molecular weight is 274 g/mol. The van der Waals surface area contributed by atoms with Gasteiger partial charge in [0.05, 0.1) is 5.56 Å². The third-order valence-corrected chi connectivity index (χ3v) is 2.66. The van der Waals surface area contributed by atoms with Crippen LogP contribution in [0.3, 0.4) is 0 Å². The lowest BCUT2D eigenvalue weighted by atomic mass is 10.1. The van der Waals surface area contributed by atoms with Crippen molar-refractivity contribution in [1.82, 2.24) is 5.32 Å². The summed E-state index contributed by atoms with van der Waals surface area (Å²) in [5.74, 6) is -0.359. The second-order valence-corrected chi connectivity index (χ2v) is 4.26. The van der Waals surface area contributed by atoms with Crippen molar-refractivity contribution in [2.75, 3.05) is 6.54 Å². The lowest BCUT2D eigenvalue weighted by Crippen LogP contribution is -2.19. The Labute approximate surface area is 110 Å². The van der Waals surface area contributed by atoms with Crippen LogP contribution in [0, 0.1) is 0 Å². The molecule has 0 bridgehead atoms. The van der Waals surface area contributed by atoms with Crippen LogP contribution >= 0.6 is 0 Å². The molecule has 6 heteroatoms. The molecule has 0 saturated heterocycles. The first kappa shape index (κ1) is 15.5. The highest BCUT2D eigenvalue weighted by atomic mass is 19.4. The van der Waals surface area contributed by atoms with Gasteiger partial charge in [0.2, 0.25) is 5.91 Å². The molecule has 0 saturated carbocycles. The fourth-order valence-corrected chi connectivity index (χ4v) is 1.72. The maximum atomic E-state index is 12.7. The van der Waals surface area contributed by atoms with Crippen molar-refractivity contribution in [3.05, 3.63) is 35.4 Å². The van der Waals surface area contributed by atoms with Crippen LogP contribution in [0.2, 0.25) is 0 Å². The van der Waals surface area contributed by atoms with Gasteiger partial charge in [0.25, 0.3) is 0 Å². The van der Waals surface area contributed by atoms with Gasteiger partial charge in [0, 0.05) is 13.0 Å². The van der Waals surface area contributed by atoms with Crippen molar-refractivity contribution in [3.63, 3.8) is 0 Å². The van der Waals surface area contributed by atoms with E-state index in [4.69, 9.17) is 5.73 Å². The Morgan fingerprint density at radius 1 is 1.21 bits per heavy atom. The Hall–Kier alpha value is -1.56. The van der Waals surface area contributed by atoms with Crippen molar-refractivity contribution in [3.8, 4) is 0 Å². The first-order valence-corrected chi connectivity index (χ1v) is 6.05. The molecule has 0 aliphatic carbocycles. The molecule has 106 valence electrons. The second kappa shape index (κ2) is 7.13. The van der Waals surface area contributed by atoms with Gasteiger partial charge in [-0.3, -0.25) is 4.79 Å². The summed E-state index contributed by atoms with van der Waals surface area (Å²) < 4.78 is 38.1. The van der Waals surface area contributed by atoms with E-state index in [1.807, 2.05) is 0 Å². The number of nitrogens with two attached hydrogens (primary N) is 1. The number of halogens is 3. The molecule has 3 N–H and O–H groups in total. The van der Waals surface area contributed by atoms with E-state index in [0.717, 1.165) is 6.07 Å². The Morgan fingerprint density at radius 2 is 1.89 bits per heavy atom. The third-order valence-electron chi connectivity index (χ3n) is 2.66. The summed E-state index contributed by atoms with van der Waals surface area (Å²) in [5.41, 5.74) is 4.60. The number of amides is 1. The minimum atomic E-state index is -4.33. The lowest BCUT2D eigenvalue weighted by molar-refractivity contribution is -0.138. The summed E-state index contributed by atoms with van der Waals surface area (Å²) in [6, 6.07) is 5.49. The highest BCUT2D eigenvalue weighted by Crippen LogP contribution is 2.31. The van der Waals surface area contributed by atoms with Crippen LogP contribution in [0.1, 0.15) is 30.4 Å². The Bertz CT molecular complexity index is 419. The molecule has 0 fully saturated rings. The molecule has 0 spiro atoms. The van der Waals surface area contributed by atoms with E-state index in [-0.39, 0.29) is 18.0 Å². The van der Waals surface area contributed by atoms with E-state index in [9.17, 15) is 18.0 Å². The molecular formula is C13H17F3N2O. The van der Waals surface area contributed by atoms with Crippen molar-refractivity contribution in [2.45, 2.75) is 32.0 Å². The molecule has 0 aliphatic heterocycles. The normalized spacial score (nSPS) is 11.5. The maximum Gasteiger partial charge on any atom is 0.416 e. The van der Waals surface area contributed by atoms with Crippen LogP contribution in [0.25, 0.3) is 0 Å². The Balaban J connectivity index is 2.39. The molecule has 1 aromatic carbocycles. The van der Waals surface area contributed by atoms with Gasteiger partial charge in [-0.15, -0.1) is 0 Å². The lowest BCUT2D eigenvalue weighted by Gasteiger charge is -2.13. The summed E-state index contributed by atoms with van der Waals surface area (Å²) in [6.45, 7) is 0.714. The van der Waals surface area contributed by atoms with Crippen LogP contribution in [-0.2, 0) is 17.5 Å². The largest absolute Gasteiger partial charge is 0.416 e. The molecule has 0 atom stereocenters. The molecule has 0 heterocycles. The van der Waals surface area contributed by atoms with E-state index in [0.29, 0.717) is 25.8 Å². The predicted molar refractivity (Wildman–Crippen MR) is 66.2 cm³/mol. The molecule has 3 nitrogen and oxygen atoms in total. The van der Waals surface area contributed by atoms with Crippen molar-refractivity contribution < 1.29 is 18.0 Å². The number of carbonyl (C=O) groups excluding carboxylic acids is 1. The fraction of sp³-hybridized carbons (Fsp3) is 0.462. The molecular weight excluding hydrogens is 257 g/mol. The maximum absolute atomic E-state index is 12.7. The van der Waals surface area contributed by atoms with Gasteiger partial charge >= 0.3 is 6.18 Å². The zero-order chi connectivity index (χ0) is 14.3. The van der Waals surface area contributed by atoms with Gasteiger partial charge in [0.15, 0.2) is 0 Å². The Morgan fingerprint density at radius 3 is 2.53 bits per heavy atom. The van der Waals surface area contributed by atoms with E-state index >= 15 is 0 Å². The summed E-state index contributed by atoms with van der Waals surface area (Å²) in [4.78, 5) is 10.5. The number of unbranched alkanes of at least 4 members (excludes halogenated alkanes) is 1. The summed E-state index contributed by atoms with van der Waals surface area (Å²) in [6.07, 6.45) is -2.68. The number of carbonyl (C=O) groups is 1. The van der Waals surface area contributed by atoms with Crippen LogP contribution in [0.5, 0.6) is 0 Å². The number of hydrogen-bond donors (Lipinski definition) is 2. The highest BCUT2D eigenvalue weighted by Gasteiger charge is 2.32. The van der Waals surface area contributed by atoms with Crippen molar-refractivity contribution >= 4 is 5.91 Å². The van der Waals surface area contributed by atoms with Gasteiger partial charge < -0.3 is 11.1 Å². The summed E-state index contributed by atoms with van der Waals surface area (Å²) in [5, 5.41) is 2.94. The number of hydrogen-bond acceptors (Lipinski definition) is 2. The van der Waals surface area contributed by atoms with E-state index in [1.54, 1.807) is 6.07 Å². The van der Waals surface area contributed by atoms with Gasteiger partial charge in [-0.2, -0.15) is 13.2 Å². The number of alkyl halides is 3. The third kappa shape index (κ3) is 5.74. The second-order valence-electron chi connectivity index (χ2n) is 4.26. The molecule has 1 amide bonds. The van der Waals surface area contributed by atoms with Crippen LogP contribution in [0.4, 0.5) is 13.2 Å². The topological polar surface area (TPSA) is 55.1 Å². The minimum Gasteiger partial charge on any atom is -0.370 e. The highest BCUT2D eigenvalue weighted by molar-refractivity contribution is 5.73. The van der Waals surface area contributed by atoms with Gasteiger partial charge in [-0.25, -0.2) is 0 Å². The molecule has 0 aliphatic rings. The van der Waals surface area contributed by atoms with Crippen LogP contribution in [-0.4, -0.2) is 12.5 Å². The number of primary amides is 1. The summed E-state index contributed by atoms with van der Waals surface area (Å²) in [7, 11) is 0. The van der Waals surface area contributed by atoms with E-state index in [1.165, 1.54) is 12.1 Å². The van der Waals surface area contributed by atoms with Gasteiger partial charge in [0.1, 0.15) is 0 Å². The minimum absolute atomic E-state index is 0.159. The zero-order valence-corrected chi connectivity index (χ0v) is 10.5. The number of rotatable bonds is 7. The summed E-state index contributed by atoms with van der Waals surface area (Å²) >= 11 is 0. The smallest absolute Gasteiger partial charge is 0.370 e. The number of benzene rings is 1. The van der Waals surface area contributed by atoms with E-state index < -0.39 is 11.7 Å². The molecule has 1 rings (SSSR count). The number of nitrogens with one attached hydrogen (secondary N) is 1. The Kier molecular flexibility index (Phi) is 5.82. The zero-order valence-electron chi connectivity index (χ0n) is 10.5. The molecule has 0 radical (unpaired) electrons. The monoisotopic (exact) mass is 274 g/mol.